The molecule has 0 aliphatic heterocycles. The van der Waals surface area contributed by atoms with Crippen LogP contribution >= 0.6 is 11.6 Å². The second-order valence-corrected chi connectivity index (χ2v) is 7.29. The molecule has 0 heterocycles. The molecule has 2 aromatic rings. The third kappa shape index (κ3) is 6.08. The summed E-state index contributed by atoms with van der Waals surface area (Å²) in [4.78, 5) is 24.5. The van der Waals surface area contributed by atoms with Crippen LogP contribution in [0.1, 0.15) is 36.6 Å². The molecule has 0 spiro atoms. The summed E-state index contributed by atoms with van der Waals surface area (Å²) >= 11 is 5.91. The minimum Gasteiger partial charge on any atom is -0.342 e. The Bertz CT molecular complexity index is 785. The lowest BCUT2D eigenvalue weighted by Gasteiger charge is -2.17. The minimum absolute atomic E-state index is 0.0554. The van der Waals surface area contributed by atoms with Crippen molar-refractivity contribution in [1.82, 2.24) is 5.32 Å². The summed E-state index contributed by atoms with van der Waals surface area (Å²) in [6.45, 7) is 7.68. The van der Waals surface area contributed by atoms with E-state index in [1.165, 1.54) is 0 Å². The zero-order valence-electron chi connectivity index (χ0n) is 16.2. The number of hydrogen-bond donors (Lipinski definition) is 3. The van der Waals surface area contributed by atoms with E-state index in [-0.39, 0.29) is 30.4 Å². The number of carbonyl (C=O) groups is 2. The van der Waals surface area contributed by atoms with Crippen molar-refractivity contribution < 1.29 is 14.9 Å². The average molecular weight is 389 g/mol. The lowest BCUT2D eigenvalue weighted by atomic mass is 10.1. The molecule has 144 valence electrons. The highest BCUT2D eigenvalue weighted by molar-refractivity contribution is 6.30. The van der Waals surface area contributed by atoms with Crippen LogP contribution in [0.4, 0.5) is 5.69 Å². The average Bonchev–Trinajstić information content (AvgIpc) is 2.63. The zero-order valence-corrected chi connectivity index (χ0v) is 16.9. The number of nitrogens with one attached hydrogen (secondary N) is 2. The molecule has 0 aliphatic carbocycles. The highest BCUT2D eigenvalue weighted by Crippen LogP contribution is 2.19. The number of halogens is 1. The lowest BCUT2D eigenvalue weighted by Crippen LogP contribution is -2.92. The van der Waals surface area contributed by atoms with Crippen LogP contribution in [0, 0.1) is 13.8 Å². The van der Waals surface area contributed by atoms with Crippen LogP contribution in [0.15, 0.2) is 42.5 Å². The highest BCUT2D eigenvalue weighted by atomic mass is 35.5. The van der Waals surface area contributed by atoms with Gasteiger partial charge < -0.3 is 16.0 Å². The molecule has 2 aromatic carbocycles. The van der Waals surface area contributed by atoms with Crippen molar-refractivity contribution in [3.05, 3.63) is 64.2 Å². The normalized spacial score (nSPS) is 12.9. The van der Waals surface area contributed by atoms with Gasteiger partial charge in [-0.2, -0.15) is 0 Å². The van der Waals surface area contributed by atoms with Crippen molar-refractivity contribution in [1.29, 1.82) is 0 Å². The Balaban J connectivity index is 1.83. The topological polar surface area (TPSA) is 74.8 Å². The van der Waals surface area contributed by atoms with Crippen molar-refractivity contribution >= 4 is 29.1 Å². The van der Waals surface area contributed by atoms with Crippen LogP contribution in [0.2, 0.25) is 5.02 Å². The van der Waals surface area contributed by atoms with Crippen LogP contribution in [-0.2, 0) is 9.59 Å². The van der Waals surface area contributed by atoms with Gasteiger partial charge in [0.05, 0.1) is 6.54 Å². The Hall–Kier alpha value is -2.37. The number of para-hydroxylation sites is 1. The minimum atomic E-state index is -0.316. The number of aryl methyl sites for hydroxylation is 2. The number of rotatable bonds is 7. The molecular weight excluding hydrogens is 362 g/mol. The summed E-state index contributed by atoms with van der Waals surface area (Å²) < 4.78 is 0. The van der Waals surface area contributed by atoms with Crippen molar-refractivity contribution in [3.63, 3.8) is 0 Å². The second-order valence-electron chi connectivity index (χ2n) is 6.85. The molecule has 0 saturated carbocycles. The van der Waals surface area contributed by atoms with E-state index in [0.29, 0.717) is 5.02 Å². The SMILES string of the molecule is Cc1cccc(C)c1NC(=O)CNC(=O)[C@@H](C)[NH2+][C@@H](C)c1ccc(Cl)cc1. The van der Waals surface area contributed by atoms with Gasteiger partial charge in [-0.1, -0.05) is 41.9 Å². The molecule has 6 heteroatoms. The van der Waals surface area contributed by atoms with Gasteiger partial charge >= 0.3 is 0 Å². The third-order valence-electron chi connectivity index (χ3n) is 4.56. The molecular formula is C21H27ClN3O2+. The van der Waals surface area contributed by atoms with E-state index in [0.717, 1.165) is 22.4 Å². The monoisotopic (exact) mass is 388 g/mol. The molecule has 0 saturated heterocycles. The Kier molecular flexibility index (Phi) is 7.39. The molecule has 2 rings (SSSR count). The van der Waals surface area contributed by atoms with Gasteiger partial charge in [0.2, 0.25) is 5.91 Å². The first kappa shape index (κ1) is 20.9. The van der Waals surface area contributed by atoms with Crippen molar-refractivity contribution in [2.75, 3.05) is 11.9 Å². The van der Waals surface area contributed by atoms with Crippen molar-refractivity contribution in [3.8, 4) is 0 Å². The largest absolute Gasteiger partial charge is 0.342 e. The van der Waals surface area contributed by atoms with Crippen LogP contribution < -0.4 is 16.0 Å². The fraction of sp³-hybridized carbons (Fsp3) is 0.333. The number of hydrogen-bond acceptors (Lipinski definition) is 2. The smallest absolute Gasteiger partial charge is 0.278 e. The first-order valence-corrected chi connectivity index (χ1v) is 9.40. The van der Waals surface area contributed by atoms with E-state index in [4.69, 9.17) is 11.6 Å². The predicted octanol–water partition coefficient (Wildman–Crippen LogP) is 2.72. The number of benzene rings is 2. The van der Waals surface area contributed by atoms with Gasteiger partial charge in [-0.25, -0.2) is 0 Å². The van der Waals surface area contributed by atoms with Crippen molar-refractivity contribution in [2.45, 2.75) is 39.8 Å². The molecule has 2 atom stereocenters. The molecule has 0 aromatic heterocycles. The fourth-order valence-corrected chi connectivity index (χ4v) is 3.05. The molecule has 5 nitrogen and oxygen atoms in total. The molecule has 4 N–H and O–H groups in total. The van der Waals surface area contributed by atoms with E-state index >= 15 is 0 Å². The lowest BCUT2D eigenvalue weighted by molar-refractivity contribution is -0.710. The summed E-state index contributed by atoms with van der Waals surface area (Å²) in [5.74, 6) is -0.411. The molecule has 0 unspecified atom stereocenters. The van der Waals surface area contributed by atoms with Crippen LogP contribution in [-0.4, -0.2) is 24.4 Å². The third-order valence-corrected chi connectivity index (χ3v) is 4.81. The molecule has 27 heavy (non-hydrogen) atoms. The van der Waals surface area contributed by atoms with E-state index in [9.17, 15) is 9.59 Å². The summed E-state index contributed by atoms with van der Waals surface area (Å²) in [5.41, 5.74) is 3.88. The number of quaternary nitrogens is 1. The Morgan fingerprint density at radius 1 is 1.04 bits per heavy atom. The summed E-state index contributed by atoms with van der Waals surface area (Å²) in [7, 11) is 0. The number of anilines is 1. The van der Waals surface area contributed by atoms with Gasteiger partial charge in [0.25, 0.3) is 5.91 Å². The molecule has 0 radical (unpaired) electrons. The summed E-state index contributed by atoms with van der Waals surface area (Å²) in [6.07, 6.45) is 0. The Morgan fingerprint density at radius 2 is 1.63 bits per heavy atom. The van der Waals surface area contributed by atoms with E-state index in [1.807, 2.05) is 75.5 Å². The van der Waals surface area contributed by atoms with E-state index < -0.39 is 0 Å². The maximum Gasteiger partial charge on any atom is 0.278 e. The van der Waals surface area contributed by atoms with Gasteiger partial charge in [0.1, 0.15) is 6.04 Å². The maximum absolute atomic E-state index is 12.3. The maximum atomic E-state index is 12.3. The zero-order chi connectivity index (χ0) is 20.0. The number of carbonyl (C=O) groups excluding carboxylic acids is 2. The highest BCUT2D eigenvalue weighted by Gasteiger charge is 2.21. The second kappa shape index (κ2) is 9.53. The Labute approximate surface area is 165 Å². The fourth-order valence-electron chi connectivity index (χ4n) is 2.92. The molecule has 0 fully saturated rings. The van der Waals surface area contributed by atoms with Gasteiger partial charge in [0.15, 0.2) is 6.04 Å². The Morgan fingerprint density at radius 3 is 2.22 bits per heavy atom. The van der Waals surface area contributed by atoms with Crippen LogP contribution in [0.3, 0.4) is 0 Å². The number of nitrogens with two attached hydrogens (primary N) is 1. The standard InChI is InChI=1S/C21H26ClN3O2/c1-13-6-5-7-14(2)20(13)25-19(26)12-23-21(27)16(4)24-15(3)17-8-10-18(22)11-9-17/h5-11,15-16,24H,12H2,1-4H3,(H,23,27)(H,25,26)/p+1/t15-,16+/m0/s1. The van der Waals surface area contributed by atoms with Gasteiger partial charge in [-0.3, -0.25) is 9.59 Å². The van der Waals surface area contributed by atoms with Gasteiger partial charge in [0, 0.05) is 16.3 Å². The molecule has 0 bridgehead atoms. The summed E-state index contributed by atoms with van der Waals surface area (Å²) in [6, 6.07) is 13.2. The van der Waals surface area contributed by atoms with E-state index in [1.54, 1.807) is 0 Å². The van der Waals surface area contributed by atoms with Crippen LogP contribution in [0.5, 0.6) is 0 Å². The van der Waals surface area contributed by atoms with Gasteiger partial charge in [-0.15, -0.1) is 0 Å². The molecule has 2 amide bonds. The predicted molar refractivity (Wildman–Crippen MR) is 109 cm³/mol. The van der Waals surface area contributed by atoms with Crippen molar-refractivity contribution in [2.24, 2.45) is 0 Å². The van der Waals surface area contributed by atoms with Gasteiger partial charge in [-0.05, 0) is 51.0 Å². The number of amides is 2. The first-order valence-electron chi connectivity index (χ1n) is 9.02. The first-order chi connectivity index (χ1) is 12.8. The summed E-state index contributed by atoms with van der Waals surface area (Å²) in [5, 5.41) is 8.22. The quantitative estimate of drug-likeness (QED) is 0.682. The van der Waals surface area contributed by atoms with E-state index in [2.05, 4.69) is 10.6 Å². The molecule has 0 aliphatic rings. The van der Waals surface area contributed by atoms with Crippen LogP contribution in [0.25, 0.3) is 0 Å².